The Hall–Kier alpha value is -1.65. The largest absolute Gasteiger partial charge is 0.359 e. The summed E-state index contributed by atoms with van der Waals surface area (Å²) in [7, 11) is 2.17. The fraction of sp³-hybridized carbons (Fsp3) is 0.471. The molecule has 1 aromatic heterocycles. The molecule has 1 aromatic carbocycles. The zero-order chi connectivity index (χ0) is 14.9. The molecule has 0 aliphatic carbocycles. The first kappa shape index (κ1) is 14.3. The van der Waals surface area contributed by atoms with Crippen LogP contribution in [-0.4, -0.2) is 48.2 Å². The van der Waals surface area contributed by atoms with Gasteiger partial charge in [-0.05, 0) is 20.9 Å². The maximum Gasteiger partial charge on any atom is 0.157 e. The summed E-state index contributed by atoms with van der Waals surface area (Å²) in [4.78, 5) is 4.84. The van der Waals surface area contributed by atoms with Gasteiger partial charge in [-0.25, -0.2) is 0 Å². The van der Waals surface area contributed by atoms with Crippen molar-refractivity contribution in [3.63, 3.8) is 0 Å². The molecule has 0 spiro atoms. The SMILES string of the molecule is CN1CCN(C(C)(C)c2cc(-c3ccccc3)no2)CC1. The number of piperazine rings is 1. The monoisotopic (exact) mass is 285 g/mol. The highest BCUT2D eigenvalue weighted by atomic mass is 16.5. The predicted octanol–water partition coefficient (Wildman–Crippen LogP) is 2.82. The van der Waals surface area contributed by atoms with Crippen LogP contribution < -0.4 is 0 Å². The first-order valence-corrected chi connectivity index (χ1v) is 7.53. The van der Waals surface area contributed by atoms with Crippen LogP contribution in [0.5, 0.6) is 0 Å². The van der Waals surface area contributed by atoms with Gasteiger partial charge in [0.05, 0.1) is 5.54 Å². The zero-order valence-electron chi connectivity index (χ0n) is 13.0. The molecule has 1 aliphatic heterocycles. The van der Waals surface area contributed by atoms with E-state index in [0.717, 1.165) is 43.2 Å². The normalized spacial score (nSPS) is 18.0. The van der Waals surface area contributed by atoms with Crippen molar-refractivity contribution in [2.75, 3.05) is 33.2 Å². The van der Waals surface area contributed by atoms with Gasteiger partial charge in [-0.2, -0.15) is 0 Å². The molecule has 3 rings (SSSR count). The Morgan fingerprint density at radius 3 is 2.38 bits per heavy atom. The van der Waals surface area contributed by atoms with Crippen molar-refractivity contribution in [2.24, 2.45) is 0 Å². The molecule has 112 valence electrons. The van der Waals surface area contributed by atoms with E-state index in [-0.39, 0.29) is 5.54 Å². The van der Waals surface area contributed by atoms with Crippen molar-refractivity contribution in [3.8, 4) is 11.3 Å². The quantitative estimate of drug-likeness (QED) is 0.868. The summed E-state index contributed by atoms with van der Waals surface area (Å²) in [5.74, 6) is 0.936. The number of hydrogen-bond acceptors (Lipinski definition) is 4. The molecule has 1 aliphatic rings. The van der Waals surface area contributed by atoms with E-state index in [0.29, 0.717) is 0 Å². The smallest absolute Gasteiger partial charge is 0.157 e. The molecule has 4 nitrogen and oxygen atoms in total. The third-order valence-electron chi connectivity index (χ3n) is 4.48. The van der Waals surface area contributed by atoms with Gasteiger partial charge in [0, 0.05) is 37.8 Å². The molecule has 4 heteroatoms. The van der Waals surface area contributed by atoms with E-state index in [9.17, 15) is 0 Å². The van der Waals surface area contributed by atoms with Crippen molar-refractivity contribution in [2.45, 2.75) is 19.4 Å². The molecule has 21 heavy (non-hydrogen) atoms. The Morgan fingerprint density at radius 2 is 1.71 bits per heavy atom. The Kier molecular flexibility index (Phi) is 3.83. The third-order valence-corrected chi connectivity index (χ3v) is 4.48. The summed E-state index contributed by atoms with van der Waals surface area (Å²) in [5, 5.41) is 4.25. The predicted molar refractivity (Wildman–Crippen MR) is 84.0 cm³/mol. The number of nitrogens with zero attached hydrogens (tertiary/aromatic N) is 3. The molecule has 2 heterocycles. The number of likely N-dealkylation sites (N-methyl/N-ethyl adjacent to an activating group) is 1. The average Bonchev–Trinajstić information content (AvgIpc) is 2.99. The highest BCUT2D eigenvalue weighted by Crippen LogP contribution is 2.31. The highest BCUT2D eigenvalue weighted by Gasteiger charge is 2.34. The lowest BCUT2D eigenvalue weighted by Gasteiger charge is -2.41. The van der Waals surface area contributed by atoms with Gasteiger partial charge >= 0.3 is 0 Å². The molecule has 0 N–H and O–H groups in total. The maximum absolute atomic E-state index is 5.66. The fourth-order valence-electron chi connectivity index (χ4n) is 2.83. The van der Waals surface area contributed by atoms with Crippen molar-refractivity contribution >= 4 is 0 Å². The summed E-state index contributed by atoms with van der Waals surface area (Å²) in [6.45, 7) is 8.75. The van der Waals surface area contributed by atoms with Gasteiger partial charge in [-0.1, -0.05) is 35.5 Å². The number of benzene rings is 1. The van der Waals surface area contributed by atoms with E-state index in [1.54, 1.807) is 0 Å². The topological polar surface area (TPSA) is 32.5 Å². The van der Waals surface area contributed by atoms with Crippen molar-refractivity contribution in [1.29, 1.82) is 0 Å². The van der Waals surface area contributed by atoms with Gasteiger partial charge in [-0.15, -0.1) is 0 Å². The Bertz CT molecular complexity index is 583. The van der Waals surface area contributed by atoms with Gasteiger partial charge in [-0.3, -0.25) is 4.90 Å². The van der Waals surface area contributed by atoms with Crippen LogP contribution in [0.15, 0.2) is 40.9 Å². The maximum atomic E-state index is 5.66. The molecule has 0 radical (unpaired) electrons. The van der Waals surface area contributed by atoms with E-state index in [1.807, 2.05) is 18.2 Å². The van der Waals surface area contributed by atoms with Crippen LogP contribution in [0.25, 0.3) is 11.3 Å². The molecular weight excluding hydrogens is 262 g/mol. The first-order chi connectivity index (χ1) is 10.1. The van der Waals surface area contributed by atoms with Crippen LogP contribution in [-0.2, 0) is 5.54 Å². The molecule has 0 unspecified atom stereocenters. The number of aromatic nitrogens is 1. The molecular formula is C17H23N3O. The second-order valence-electron chi connectivity index (χ2n) is 6.29. The van der Waals surface area contributed by atoms with Crippen LogP contribution in [0, 0.1) is 0 Å². The van der Waals surface area contributed by atoms with Gasteiger partial charge in [0.25, 0.3) is 0 Å². The second-order valence-corrected chi connectivity index (χ2v) is 6.29. The van der Waals surface area contributed by atoms with E-state index < -0.39 is 0 Å². The number of rotatable bonds is 3. The van der Waals surface area contributed by atoms with E-state index in [4.69, 9.17) is 4.52 Å². The summed E-state index contributed by atoms with van der Waals surface area (Å²) >= 11 is 0. The Labute approximate surface area is 126 Å². The van der Waals surface area contributed by atoms with E-state index >= 15 is 0 Å². The summed E-state index contributed by atoms with van der Waals surface area (Å²) in [6.07, 6.45) is 0. The Balaban J connectivity index is 1.81. The molecule has 0 bridgehead atoms. The lowest BCUT2D eigenvalue weighted by atomic mass is 9.97. The minimum atomic E-state index is -0.124. The van der Waals surface area contributed by atoms with Crippen molar-refractivity contribution < 1.29 is 4.52 Å². The lowest BCUT2D eigenvalue weighted by molar-refractivity contribution is 0.0427. The fourth-order valence-corrected chi connectivity index (χ4v) is 2.83. The lowest BCUT2D eigenvalue weighted by Crippen LogP contribution is -2.52. The van der Waals surface area contributed by atoms with Crippen molar-refractivity contribution in [1.82, 2.24) is 15.0 Å². The van der Waals surface area contributed by atoms with E-state index in [1.165, 1.54) is 0 Å². The summed E-state index contributed by atoms with van der Waals surface area (Å²) < 4.78 is 5.66. The van der Waals surface area contributed by atoms with Gasteiger partial charge in [0.1, 0.15) is 5.69 Å². The van der Waals surface area contributed by atoms with Gasteiger partial charge < -0.3 is 9.42 Å². The minimum absolute atomic E-state index is 0.124. The van der Waals surface area contributed by atoms with Crippen LogP contribution >= 0.6 is 0 Å². The highest BCUT2D eigenvalue weighted by molar-refractivity contribution is 5.58. The molecule has 1 saturated heterocycles. The minimum Gasteiger partial charge on any atom is -0.359 e. The van der Waals surface area contributed by atoms with Crippen molar-refractivity contribution in [3.05, 3.63) is 42.2 Å². The summed E-state index contributed by atoms with van der Waals surface area (Å²) in [6, 6.07) is 12.3. The molecule has 1 fully saturated rings. The standard InChI is InChI=1S/C17H23N3O/c1-17(2,20-11-9-19(3)10-12-20)16-13-15(18-21-16)14-7-5-4-6-8-14/h4-8,13H,9-12H2,1-3H3. The molecule has 0 amide bonds. The van der Waals surface area contributed by atoms with Crippen LogP contribution in [0.4, 0.5) is 0 Å². The van der Waals surface area contributed by atoms with Crippen LogP contribution in [0.2, 0.25) is 0 Å². The molecule has 0 saturated carbocycles. The summed E-state index contributed by atoms with van der Waals surface area (Å²) in [5.41, 5.74) is 1.89. The Morgan fingerprint density at radius 1 is 1.05 bits per heavy atom. The first-order valence-electron chi connectivity index (χ1n) is 7.53. The molecule has 0 atom stereocenters. The van der Waals surface area contributed by atoms with Crippen LogP contribution in [0.1, 0.15) is 19.6 Å². The second kappa shape index (κ2) is 5.62. The molecule has 2 aromatic rings. The zero-order valence-corrected chi connectivity index (χ0v) is 13.0. The van der Waals surface area contributed by atoms with Gasteiger partial charge in [0.15, 0.2) is 5.76 Å². The third kappa shape index (κ3) is 2.87. The average molecular weight is 285 g/mol. The number of hydrogen-bond donors (Lipinski definition) is 0. The van der Waals surface area contributed by atoms with Gasteiger partial charge in [0.2, 0.25) is 0 Å². The van der Waals surface area contributed by atoms with Crippen LogP contribution in [0.3, 0.4) is 0 Å². The van der Waals surface area contributed by atoms with E-state index in [2.05, 4.69) is 54.1 Å².